The Kier molecular flexibility index (Phi) is 3.28. The molecule has 14 heavy (non-hydrogen) atoms. The average Bonchev–Trinajstić information content (AvgIpc) is 2.10. The van der Waals surface area contributed by atoms with Crippen molar-refractivity contribution in [3.8, 4) is 0 Å². The Balaban J connectivity index is 2.51. The molecule has 5 N–H and O–H groups in total. The van der Waals surface area contributed by atoms with Gasteiger partial charge in [-0.1, -0.05) is 0 Å². The smallest absolute Gasteiger partial charge is 0.219 e. The number of amides is 1. The minimum atomic E-state index is -0.329. The second-order valence-corrected chi connectivity index (χ2v) is 3.07. The fourth-order valence-electron chi connectivity index (χ4n) is 0.977. The number of primary amides is 1. The minimum absolute atomic E-state index is 0.297. The van der Waals surface area contributed by atoms with E-state index in [-0.39, 0.29) is 5.91 Å². The summed E-state index contributed by atoms with van der Waals surface area (Å²) < 4.78 is 0. The van der Waals surface area contributed by atoms with Crippen LogP contribution < -0.4 is 16.8 Å². The average molecular weight is 194 g/mol. The summed E-state index contributed by atoms with van der Waals surface area (Å²) in [6, 6.07) is 1.83. The Morgan fingerprint density at radius 3 is 2.93 bits per heavy atom. The first-order chi connectivity index (χ1) is 6.59. The standard InChI is InChI=1S/C9H14N4O/c1-6-4-9(13-5-7(6)10)12-3-2-8(11)14/h4-5H,2-3,10H2,1H3,(H2,11,14)(H,12,13). The molecule has 5 heteroatoms. The quantitative estimate of drug-likeness (QED) is 0.640. The van der Waals surface area contributed by atoms with Gasteiger partial charge >= 0.3 is 0 Å². The van der Waals surface area contributed by atoms with Crippen molar-refractivity contribution in [1.82, 2.24) is 4.98 Å². The van der Waals surface area contributed by atoms with Crippen molar-refractivity contribution < 1.29 is 4.79 Å². The Morgan fingerprint density at radius 1 is 1.64 bits per heavy atom. The molecule has 1 rings (SSSR count). The molecule has 0 aliphatic heterocycles. The summed E-state index contributed by atoms with van der Waals surface area (Å²) in [6.45, 7) is 2.39. The second kappa shape index (κ2) is 4.45. The Labute approximate surface area is 82.5 Å². The lowest BCUT2D eigenvalue weighted by atomic mass is 10.2. The fraction of sp³-hybridized carbons (Fsp3) is 0.333. The Hall–Kier alpha value is -1.78. The number of hydrogen-bond acceptors (Lipinski definition) is 4. The molecule has 0 radical (unpaired) electrons. The van der Waals surface area contributed by atoms with Crippen molar-refractivity contribution in [2.45, 2.75) is 13.3 Å². The number of anilines is 2. The SMILES string of the molecule is Cc1cc(NCCC(N)=O)ncc1N. The van der Waals surface area contributed by atoms with E-state index in [1.165, 1.54) is 0 Å². The van der Waals surface area contributed by atoms with E-state index in [1.54, 1.807) is 6.20 Å². The van der Waals surface area contributed by atoms with E-state index in [0.717, 1.165) is 5.56 Å². The van der Waals surface area contributed by atoms with Gasteiger partial charge in [-0.25, -0.2) is 4.98 Å². The van der Waals surface area contributed by atoms with E-state index >= 15 is 0 Å². The monoisotopic (exact) mass is 194 g/mol. The highest BCUT2D eigenvalue weighted by molar-refractivity contribution is 5.74. The first-order valence-electron chi connectivity index (χ1n) is 4.34. The molecule has 1 heterocycles. The summed E-state index contributed by atoms with van der Waals surface area (Å²) in [7, 11) is 0. The molecule has 0 aliphatic carbocycles. The third kappa shape index (κ3) is 2.93. The van der Waals surface area contributed by atoms with E-state index in [2.05, 4.69) is 10.3 Å². The maximum atomic E-state index is 10.5. The highest BCUT2D eigenvalue weighted by Gasteiger charge is 1.98. The van der Waals surface area contributed by atoms with Gasteiger partial charge in [0, 0.05) is 13.0 Å². The van der Waals surface area contributed by atoms with E-state index < -0.39 is 0 Å². The van der Waals surface area contributed by atoms with Gasteiger partial charge in [0.15, 0.2) is 0 Å². The molecule has 0 spiro atoms. The summed E-state index contributed by atoms with van der Waals surface area (Å²) in [4.78, 5) is 14.5. The topological polar surface area (TPSA) is 94.0 Å². The zero-order valence-electron chi connectivity index (χ0n) is 8.08. The number of rotatable bonds is 4. The number of nitrogens with zero attached hydrogens (tertiary/aromatic N) is 1. The summed E-state index contributed by atoms with van der Waals surface area (Å²) >= 11 is 0. The number of pyridine rings is 1. The summed E-state index contributed by atoms with van der Waals surface area (Å²) in [5.74, 6) is 0.377. The van der Waals surface area contributed by atoms with Crippen LogP contribution in [0.15, 0.2) is 12.3 Å². The van der Waals surface area contributed by atoms with Gasteiger partial charge in [-0.3, -0.25) is 4.79 Å². The number of nitrogens with two attached hydrogens (primary N) is 2. The van der Waals surface area contributed by atoms with Crippen molar-refractivity contribution in [1.29, 1.82) is 0 Å². The van der Waals surface area contributed by atoms with Crippen molar-refractivity contribution in [2.24, 2.45) is 5.73 Å². The number of nitrogen functional groups attached to an aromatic ring is 1. The van der Waals surface area contributed by atoms with Crippen LogP contribution in [0.2, 0.25) is 0 Å². The van der Waals surface area contributed by atoms with Crippen LogP contribution >= 0.6 is 0 Å². The van der Waals surface area contributed by atoms with E-state index in [0.29, 0.717) is 24.5 Å². The van der Waals surface area contributed by atoms with Crippen molar-refractivity contribution >= 4 is 17.4 Å². The molecular weight excluding hydrogens is 180 g/mol. The molecule has 0 fully saturated rings. The van der Waals surface area contributed by atoms with Gasteiger partial charge in [0.05, 0.1) is 11.9 Å². The van der Waals surface area contributed by atoms with Gasteiger partial charge < -0.3 is 16.8 Å². The van der Waals surface area contributed by atoms with E-state index in [1.807, 2.05) is 13.0 Å². The lowest BCUT2D eigenvalue weighted by Gasteiger charge is -2.05. The van der Waals surface area contributed by atoms with Gasteiger partial charge in [0.1, 0.15) is 5.82 Å². The molecule has 0 atom stereocenters. The molecule has 1 aromatic heterocycles. The zero-order chi connectivity index (χ0) is 10.6. The van der Waals surface area contributed by atoms with Crippen LogP contribution in [-0.4, -0.2) is 17.4 Å². The van der Waals surface area contributed by atoms with Gasteiger partial charge in [0.25, 0.3) is 0 Å². The largest absolute Gasteiger partial charge is 0.397 e. The zero-order valence-corrected chi connectivity index (χ0v) is 8.08. The third-order valence-corrected chi connectivity index (χ3v) is 1.83. The van der Waals surface area contributed by atoms with Crippen LogP contribution in [0.3, 0.4) is 0 Å². The van der Waals surface area contributed by atoms with E-state index in [4.69, 9.17) is 11.5 Å². The summed E-state index contributed by atoms with van der Waals surface area (Å²) in [5, 5.41) is 2.98. The molecule has 1 amide bonds. The van der Waals surface area contributed by atoms with Crippen molar-refractivity contribution in [3.05, 3.63) is 17.8 Å². The predicted octanol–water partition coefficient (Wildman–Crippen LogP) is 0.260. The molecule has 1 aromatic rings. The number of carbonyl (C=O) groups is 1. The Morgan fingerprint density at radius 2 is 2.36 bits per heavy atom. The first-order valence-corrected chi connectivity index (χ1v) is 4.34. The van der Waals surface area contributed by atoms with E-state index in [9.17, 15) is 4.79 Å². The lowest BCUT2D eigenvalue weighted by Crippen LogP contribution is -2.16. The van der Waals surface area contributed by atoms with Crippen LogP contribution in [0, 0.1) is 6.92 Å². The number of carbonyl (C=O) groups excluding carboxylic acids is 1. The molecule has 0 saturated carbocycles. The summed E-state index contributed by atoms with van der Waals surface area (Å²) in [6.07, 6.45) is 1.88. The van der Waals surface area contributed by atoms with Gasteiger partial charge in [0.2, 0.25) is 5.91 Å². The highest BCUT2D eigenvalue weighted by Crippen LogP contribution is 2.12. The predicted molar refractivity (Wildman–Crippen MR) is 55.7 cm³/mol. The molecule has 0 aromatic carbocycles. The van der Waals surface area contributed by atoms with Gasteiger partial charge in [-0.05, 0) is 18.6 Å². The van der Waals surface area contributed by atoms with Crippen LogP contribution in [0.5, 0.6) is 0 Å². The number of hydrogen-bond donors (Lipinski definition) is 3. The summed E-state index contributed by atoms with van der Waals surface area (Å²) in [5.41, 5.74) is 12.2. The van der Waals surface area contributed by atoms with Gasteiger partial charge in [-0.15, -0.1) is 0 Å². The first kappa shape index (κ1) is 10.3. The molecule has 0 bridgehead atoms. The normalized spacial score (nSPS) is 9.79. The third-order valence-electron chi connectivity index (χ3n) is 1.83. The molecule has 5 nitrogen and oxygen atoms in total. The number of aryl methyl sites for hydroxylation is 1. The number of aromatic nitrogens is 1. The molecule has 0 saturated heterocycles. The molecule has 0 aliphatic rings. The Bertz CT molecular complexity index is 338. The molecule has 76 valence electrons. The number of nitrogens with one attached hydrogen (secondary N) is 1. The minimum Gasteiger partial charge on any atom is -0.397 e. The van der Waals surface area contributed by atoms with Crippen LogP contribution in [0.4, 0.5) is 11.5 Å². The lowest BCUT2D eigenvalue weighted by molar-refractivity contribution is -0.117. The maximum Gasteiger partial charge on any atom is 0.219 e. The van der Waals surface area contributed by atoms with Crippen LogP contribution in [-0.2, 0) is 4.79 Å². The van der Waals surface area contributed by atoms with Crippen molar-refractivity contribution in [2.75, 3.05) is 17.6 Å². The maximum absolute atomic E-state index is 10.5. The highest BCUT2D eigenvalue weighted by atomic mass is 16.1. The molecular formula is C9H14N4O. The van der Waals surface area contributed by atoms with Gasteiger partial charge in [-0.2, -0.15) is 0 Å². The van der Waals surface area contributed by atoms with Crippen LogP contribution in [0.1, 0.15) is 12.0 Å². The van der Waals surface area contributed by atoms with Crippen molar-refractivity contribution in [3.63, 3.8) is 0 Å². The molecule has 0 unspecified atom stereocenters. The van der Waals surface area contributed by atoms with Crippen LogP contribution in [0.25, 0.3) is 0 Å². The fourth-order valence-corrected chi connectivity index (χ4v) is 0.977. The second-order valence-electron chi connectivity index (χ2n) is 3.07.